The molecule has 2 nitrogen and oxygen atoms in total. The summed E-state index contributed by atoms with van der Waals surface area (Å²) in [7, 11) is 0. The van der Waals surface area contributed by atoms with Crippen LogP contribution in [0.1, 0.15) is 36.5 Å². The Hall–Kier alpha value is -0.770. The molecule has 0 aliphatic heterocycles. The molecule has 0 fully saturated rings. The minimum Gasteiger partial charge on any atom is -0.464 e. The van der Waals surface area contributed by atoms with Crippen molar-refractivity contribution in [2.24, 2.45) is 0 Å². The Morgan fingerprint density at radius 2 is 2.11 bits per heavy atom. The number of hydrogen-bond acceptors (Lipinski definition) is 2. The first-order chi connectivity index (χ1) is 9.11. The maximum absolute atomic E-state index is 6.18. The molecule has 19 heavy (non-hydrogen) atoms. The summed E-state index contributed by atoms with van der Waals surface area (Å²) in [4.78, 5) is 0. The molecule has 2 rings (SSSR count). The summed E-state index contributed by atoms with van der Waals surface area (Å²) in [5, 5.41) is 4.21. The van der Waals surface area contributed by atoms with Crippen molar-refractivity contribution in [2.75, 3.05) is 6.54 Å². The third kappa shape index (κ3) is 3.62. The molecule has 4 heteroatoms. The summed E-state index contributed by atoms with van der Waals surface area (Å²) in [5.74, 6) is 1.84. The van der Waals surface area contributed by atoms with Crippen molar-refractivity contribution in [3.8, 4) is 0 Å². The van der Waals surface area contributed by atoms with Gasteiger partial charge in [0.25, 0.3) is 0 Å². The molecule has 0 amide bonds. The summed E-state index contributed by atoms with van der Waals surface area (Å²) < 4.78 is 6.66. The standard InChI is InChI=1S/C15H17BrClNO/c1-3-8-18-15(14-7-4-10(2)19-14)11-5-6-12(16)13(17)9-11/h4-7,9,15,18H,3,8H2,1-2H3. The zero-order valence-corrected chi connectivity index (χ0v) is 13.4. The molecule has 102 valence electrons. The lowest BCUT2D eigenvalue weighted by atomic mass is 10.0. The molecule has 1 N–H and O–H groups in total. The van der Waals surface area contributed by atoms with Gasteiger partial charge in [0.15, 0.2) is 0 Å². The number of hydrogen-bond donors (Lipinski definition) is 1. The highest BCUT2D eigenvalue weighted by atomic mass is 79.9. The van der Waals surface area contributed by atoms with E-state index in [4.69, 9.17) is 16.0 Å². The van der Waals surface area contributed by atoms with Gasteiger partial charge in [-0.05, 0) is 65.6 Å². The van der Waals surface area contributed by atoms with Crippen LogP contribution in [0.25, 0.3) is 0 Å². The summed E-state index contributed by atoms with van der Waals surface area (Å²) >= 11 is 9.60. The van der Waals surface area contributed by atoms with Gasteiger partial charge >= 0.3 is 0 Å². The third-order valence-electron chi connectivity index (χ3n) is 2.92. The van der Waals surface area contributed by atoms with Crippen LogP contribution in [0.5, 0.6) is 0 Å². The van der Waals surface area contributed by atoms with Crippen LogP contribution >= 0.6 is 27.5 Å². The molecule has 0 radical (unpaired) electrons. The highest BCUT2D eigenvalue weighted by Gasteiger charge is 2.17. The average molecular weight is 343 g/mol. The first-order valence-corrected chi connectivity index (χ1v) is 7.53. The summed E-state index contributed by atoms with van der Waals surface area (Å²) in [5.41, 5.74) is 1.11. The molecule has 1 heterocycles. The van der Waals surface area contributed by atoms with Crippen molar-refractivity contribution in [1.29, 1.82) is 0 Å². The molecule has 0 aliphatic carbocycles. The van der Waals surface area contributed by atoms with Crippen LogP contribution in [-0.4, -0.2) is 6.54 Å². The predicted octanol–water partition coefficient (Wildman–Crippen LogP) is 5.09. The fraction of sp³-hybridized carbons (Fsp3) is 0.333. The van der Waals surface area contributed by atoms with Gasteiger partial charge in [0.1, 0.15) is 11.5 Å². The van der Waals surface area contributed by atoms with Gasteiger partial charge in [0.2, 0.25) is 0 Å². The number of rotatable bonds is 5. The van der Waals surface area contributed by atoms with Crippen LogP contribution in [0.4, 0.5) is 0 Å². The van der Waals surface area contributed by atoms with Crippen molar-refractivity contribution in [3.05, 3.63) is 56.9 Å². The van der Waals surface area contributed by atoms with Crippen LogP contribution in [0.3, 0.4) is 0 Å². The van der Waals surface area contributed by atoms with Gasteiger partial charge in [0.05, 0.1) is 11.1 Å². The lowest BCUT2D eigenvalue weighted by Crippen LogP contribution is -2.22. The molecule has 0 spiro atoms. The lowest BCUT2D eigenvalue weighted by Gasteiger charge is -2.17. The van der Waals surface area contributed by atoms with Crippen LogP contribution in [0.2, 0.25) is 5.02 Å². The first kappa shape index (κ1) is 14.6. The van der Waals surface area contributed by atoms with E-state index in [9.17, 15) is 0 Å². The van der Waals surface area contributed by atoms with Crippen molar-refractivity contribution in [2.45, 2.75) is 26.3 Å². The second kappa shape index (κ2) is 6.60. The van der Waals surface area contributed by atoms with Crippen molar-refractivity contribution in [3.63, 3.8) is 0 Å². The van der Waals surface area contributed by atoms with Crippen molar-refractivity contribution >= 4 is 27.5 Å². The molecule has 0 aliphatic rings. The molecular weight excluding hydrogens is 326 g/mol. The number of nitrogens with one attached hydrogen (secondary N) is 1. The molecule has 0 saturated heterocycles. The van der Waals surface area contributed by atoms with Crippen LogP contribution in [0, 0.1) is 6.92 Å². The molecule has 2 aromatic rings. The van der Waals surface area contributed by atoms with E-state index in [1.54, 1.807) is 0 Å². The SMILES string of the molecule is CCCNC(c1ccc(Br)c(Cl)c1)c1ccc(C)o1. The smallest absolute Gasteiger partial charge is 0.125 e. The van der Waals surface area contributed by atoms with Gasteiger partial charge in [-0.25, -0.2) is 0 Å². The van der Waals surface area contributed by atoms with Crippen LogP contribution < -0.4 is 5.32 Å². The van der Waals surface area contributed by atoms with Gasteiger partial charge in [-0.3, -0.25) is 0 Å². The topological polar surface area (TPSA) is 25.2 Å². The summed E-state index contributed by atoms with van der Waals surface area (Å²) in [6.07, 6.45) is 1.07. The van der Waals surface area contributed by atoms with E-state index in [2.05, 4.69) is 34.2 Å². The normalized spacial score (nSPS) is 12.6. The van der Waals surface area contributed by atoms with Gasteiger partial charge in [0, 0.05) is 4.47 Å². The van der Waals surface area contributed by atoms with E-state index >= 15 is 0 Å². The Labute approximate surface area is 127 Å². The number of halogens is 2. The predicted molar refractivity (Wildman–Crippen MR) is 82.7 cm³/mol. The highest BCUT2D eigenvalue weighted by molar-refractivity contribution is 9.10. The van der Waals surface area contributed by atoms with E-state index in [1.165, 1.54) is 0 Å². The molecule has 1 aromatic heterocycles. The zero-order valence-electron chi connectivity index (χ0n) is 11.0. The second-order valence-corrected chi connectivity index (χ2v) is 5.77. The van der Waals surface area contributed by atoms with E-state index in [0.717, 1.165) is 34.5 Å². The largest absolute Gasteiger partial charge is 0.464 e. The summed E-state index contributed by atoms with van der Waals surface area (Å²) in [6, 6.07) is 10.0. The van der Waals surface area contributed by atoms with Gasteiger partial charge in [-0.1, -0.05) is 24.6 Å². The van der Waals surface area contributed by atoms with E-state index in [1.807, 2.05) is 31.2 Å². The maximum atomic E-state index is 6.18. The fourth-order valence-electron chi connectivity index (χ4n) is 1.97. The Balaban J connectivity index is 2.33. The van der Waals surface area contributed by atoms with Crippen molar-refractivity contribution in [1.82, 2.24) is 5.32 Å². The van der Waals surface area contributed by atoms with Crippen LogP contribution in [-0.2, 0) is 0 Å². The molecule has 0 bridgehead atoms. The Bertz CT molecular complexity index is 553. The number of aryl methyl sites for hydroxylation is 1. The minimum atomic E-state index is 0.0410. The number of benzene rings is 1. The fourth-order valence-corrected chi connectivity index (χ4v) is 2.41. The second-order valence-electron chi connectivity index (χ2n) is 4.51. The lowest BCUT2D eigenvalue weighted by molar-refractivity contribution is 0.430. The third-order valence-corrected chi connectivity index (χ3v) is 4.15. The van der Waals surface area contributed by atoms with Crippen molar-refractivity contribution < 1.29 is 4.42 Å². The molecular formula is C15H17BrClNO. The first-order valence-electron chi connectivity index (χ1n) is 6.36. The Morgan fingerprint density at radius 3 is 2.68 bits per heavy atom. The quantitative estimate of drug-likeness (QED) is 0.818. The maximum Gasteiger partial charge on any atom is 0.125 e. The molecule has 1 atom stereocenters. The molecule has 1 unspecified atom stereocenters. The van der Waals surface area contributed by atoms with Gasteiger partial charge < -0.3 is 9.73 Å². The van der Waals surface area contributed by atoms with E-state index < -0.39 is 0 Å². The Morgan fingerprint density at radius 1 is 1.32 bits per heavy atom. The Kier molecular flexibility index (Phi) is 5.08. The van der Waals surface area contributed by atoms with Gasteiger partial charge in [-0.2, -0.15) is 0 Å². The van der Waals surface area contributed by atoms with Crippen LogP contribution in [0.15, 0.2) is 39.2 Å². The highest BCUT2D eigenvalue weighted by Crippen LogP contribution is 2.29. The monoisotopic (exact) mass is 341 g/mol. The minimum absolute atomic E-state index is 0.0410. The van der Waals surface area contributed by atoms with E-state index in [-0.39, 0.29) is 6.04 Å². The van der Waals surface area contributed by atoms with Gasteiger partial charge in [-0.15, -0.1) is 0 Å². The molecule has 1 aromatic carbocycles. The molecule has 0 saturated carbocycles. The zero-order chi connectivity index (χ0) is 13.8. The number of furan rings is 1. The van der Waals surface area contributed by atoms with E-state index in [0.29, 0.717) is 5.02 Å². The average Bonchev–Trinajstić information content (AvgIpc) is 2.80. The summed E-state index contributed by atoms with van der Waals surface area (Å²) in [6.45, 7) is 5.03.